The summed E-state index contributed by atoms with van der Waals surface area (Å²) >= 11 is 0. The number of aromatic nitrogens is 2. The summed E-state index contributed by atoms with van der Waals surface area (Å²) in [6.07, 6.45) is 0. The molecule has 17 heavy (non-hydrogen) atoms. The van der Waals surface area contributed by atoms with Gasteiger partial charge in [-0.1, -0.05) is 11.2 Å². The van der Waals surface area contributed by atoms with Crippen molar-refractivity contribution in [2.75, 3.05) is 5.32 Å². The normalized spacial score (nSPS) is 12.5. The fourth-order valence-corrected chi connectivity index (χ4v) is 1.63. The second kappa shape index (κ2) is 4.57. The fourth-order valence-electron chi connectivity index (χ4n) is 1.63. The van der Waals surface area contributed by atoms with Crippen molar-refractivity contribution in [3.63, 3.8) is 0 Å². The lowest BCUT2D eigenvalue weighted by Gasteiger charge is -2.12. The monoisotopic (exact) mass is 231 g/mol. The second-order valence-corrected chi connectivity index (χ2v) is 4.34. The molecule has 0 radical (unpaired) electrons. The molecule has 0 bridgehead atoms. The smallest absolute Gasteiger partial charge is 0.248 e. The molecular formula is C13H17N3O. The van der Waals surface area contributed by atoms with Crippen molar-refractivity contribution < 1.29 is 4.52 Å². The minimum atomic E-state index is 0.0123. The van der Waals surface area contributed by atoms with E-state index in [-0.39, 0.29) is 6.04 Å². The van der Waals surface area contributed by atoms with Gasteiger partial charge in [0.15, 0.2) is 5.82 Å². The number of hydrogen-bond acceptors (Lipinski definition) is 4. The van der Waals surface area contributed by atoms with Crippen molar-refractivity contribution in [1.82, 2.24) is 10.1 Å². The molecule has 1 N–H and O–H groups in total. The van der Waals surface area contributed by atoms with Crippen LogP contribution in [0.4, 0.5) is 5.69 Å². The molecule has 1 aromatic heterocycles. The predicted molar refractivity (Wildman–Crippen MR) is 67.0 cm³/mol. The molecule has 0 saturated carbocycles. The van der Waals surface area contributed by atoms with Gasteiger partial charge in [-0.15, -0.1) is 0 Å². The lowest BCUT2D eigenvalue weighted by molar-refractivity contribution is 0.364. The molecule has 90 valence electrons. The van der Waals surface area contributed by atoms with Crippen LogP contribution in [0.5, 0.6) is 0 Å². The lowest BCUT2D eigenvalue weighted by Crippen LogP contribution is -2.07. The maximum absolute atomic E-state index is 5.13. The molecule has 0 fully saturated rings. The third-order valence-corrected chi connectivity index (χ3v) is 2.80. The van der Waals surface area contributed by atoms with Crippen molar-refractivity contribution in [3.05, 3.63) is 41.0 Å². The lowest BCUT2D eigenvalue weighted by atomic mass is 10.1. The number of anilines is 1. The van der Waals surface area contributed by atoms with Crippen LogP contribution in [0.3, 0.4) is 0 Å². The van der Waals surface area contributed by atoms with Crippen LogP contribution in [-0.2, 0) is 0 Å². The molecular weight excluding hydrogens is 214 g/mol. The molecule has 1 atom stereocenters. The Bertz CT molecular complexity index is 519. The van der Waals surface area contributed by atoms with Crippen molar-refractivity contribution >= 4 is 5.69 Å². The number of nitrogens with zero attached hydrogens (tertiary/aromatic N) is 2. The van der Waals surface area contributed by atoms with E-state index in [1.54, 1.807) is 0 Å². The highest BCUT2D eigenvalue weighted by Gasteiger charge is 2.12. The van der Waals surface area contributed by atoms with Gasteiger partial charge < -0.3 is 9.84 Å². The fraction of sp³-hybridized carbons (Fsp3) is 0.385. The summed E-state index contributed by atoms with van der Waals surface area (Å²) in [6, 6.07) is 6.29. The summed E-state index contributed by atoms with van der Waals surface area (Å²) in [5, 5.41) is 7.13. The summed E-state index contributed by atoms with van der Waals surface area (Å²) in [5.41, 5.74) is 3.62. The van der Waals surface area contributed by atoms with Gasteiger partial charge in [0.2, 0.25) is 5.89 Å². The van der Waals surface area contributed by atoms with Crippen molar-refractivity contribution in [2.45, 2.75) is 33.7 Å². The van der Waals surface area contributed by atoms with Crippen molar-refractivity contribution in [1.29, 1.82) is 0 Å². The first-order valence-corrected chi connectivity index (χ1v) is 5.70. The number of aryl methyl sites for hydroxylation is 3. The molecule has 1 heterocycles. The van der Waals surface area contributed by atoms with Gasteiger partial charge in [0.25, 0.3) is 0 Å². The Morgan fingerprint density at radius 3 is 2.53 bits per heavy atom. The molecule has 0 saturated heterocycles. The first kappa shape index (κ1) is 11.6. The highest BCUT2D eigenvalue weighted by molar-refractivity contribution is 5.48. The van der Waals surface area contributed by atoms with E-state index in [4.69, 9.17) is 4.52 Å². The molecule has 0 aliphatic rings. The number of benzene rings is 1. The number of hydrogen-bond donors (Lipinski definition) is 1. The zero-order chi connectivity index (χ0) is 12.4. The Hall–Kier alpha value is -1.84. The third kappa shape index (κ3) is 2.64. The molecule has 0 amide bonds. The van der Waals surface area contributed by atoms with E-state index in [9.17, 15) is 0 Å². The SMILES string of the molecule is Cc1noc(C(C)Nc2ccc(C)c(C)c2)n1. The Morgan fingerprint density at radius 2 is 1.94 bits per heavy atom. The van der Waals surface area contributed by atoms with E-state index in [2.05, 4.69) is 47.5 Å². The topological polar surface area (TPSA) is 51.0 Å². The van der Waals surface area contributed by atoms with Crippen LogP contribution >= 0.6 is 0 Å². The maximum Gasteiger partial charge on any atom is 0.248 e. The van der Waals surface area contributed by atoms with E-state index >= 15 is 0 Å². The van der Waals surface area contributed by atoms with Crippen LogP contribution in [0.1, 0.15) is 35.8 Å². The van der Waals surface area contributed by atoms with E-state index in [0.717, 1.165) is 5.69 Å². The van der Waals surface area contributed by atoms with E-state index < -0.39 is 0 Å². The first-order valence-electron chi connectivity index (χ1n) is 5.70. The zero-order valence-electron chi connectivity index (χ0n) is 10.6. The highest BCUT2D eigenvalue weighted by atomic mass is 16.5. The van der Waals surface area contributed by atoms with Crippen LogP contribution in [-0.4, -0.2) is 10.1 Å². The summed E-state index contributed by atoms with van der Waals surface area (Å²) in [4.78, 5) is 4.21. The Labute approximate surface area is 101 Å². The summed E-state index contributed by atoms with van der Waals surface area (Å²) < 4.78 is 5.13. The standard InChI is InChI=1S/C13H17N3O/c1-8-5-6-12(7-9(8)2)14-10(3)13-15-11(4)16-17-13/h5-7,10,14H,1-4H3. The van der Waals surface area contributed by atoms with Gasteiger partial charge in [-0.3, -0.25) is 0 Å². The van der Waals surface area contributed by atoms with Gasteiger partial charge in [0, 0.05) is 5.69 Å². The molecule has 1 aromatic carbocycles. The Balaban J connectivity index is 2.12. The Kier molecular flexibility index (Phi) is 3.13. The average molecular weight is 231 g/mol. The summed E-state index contributed by atoms with van der Waals surface area (Å²) in [6.45, 7) is 8.02. The van der Waals surface area contributed by atoms with Gasteiger partial charge in [0.05, 0.1) is 0 Å². The Morgan fingerprint density at radius 1 is 1.18 bits per heavy atom. The number of rotatable bonds is 3. The summed E-state index contributed by atoms with van der Waals surface area (Å²) in [7, 11) is 0. The van der Waals surface area contributed by atoms with Crippen LogP contribution in [0.15, 0.2) is 22.7 Å². The van der Waals surface area contributed by atoms with Gasteiger partial charge in [-0.25, -0.2) is 0 Å². The van der Waals surface area contributed by atoms with E-state index in [1.165, 1.54) is 11.1 Å². The average Bonchev–Trinajstić information content (AvgIpc) is 2.70. The van der Waals surface area contributed by atoms with Crippen LogP contribution in [0.25, 0.3) is 0 Å². The maximum atomic E-state index is 5.13. The van der Waals surface area contributed by atoms with Gasteiger partial charge in [-0.2, -0.15) is 4.98 Å². The van der Waals surface area contributed by atoms with Crippen LogP contribution < -0.4 is 5.32 Å². The molecule has 0 aliphatic heterocycles. The number of nitrogens with one attached hydrogen (secondary N) is 1. The third-order valence-electron chi connectivity index (χ3n) is 2.80. The second-order valence-electron chi connectivity index (χ2n) is 4.34. The molecule has 4 heteroatoms. The molecule has 2 rings (SSSR count). The van der Waals surface area contributed by atoms with Gasteiger partial charge in [0.1, 0.15) is 6.04 Å². The van der Waals surface area contributed by atoms with Crippen molar-refractivity contribution in [2.24, 2.45) is 0 Å². The molecule has 4 nitrogen and oxygen atoms in total. The minimum Gasteiger partial charge on any atom is -0.374 e. The predicted octanol–water partition coefficient (Wildman–Crippen LogP) is 3.17. The zero-order valence-corrected chi connectivity index (χ0v) is 10.6. The van der Waals surface area contributed by atoms with E-state index in [1.807, 2.05) is 13.8 Å². The quantitative estimate of drug-likeness (QED) is 0.881. The summed E-state index contributed by atoms with van der Waals surface area (Å²) in [5.74, 6) is 1.27. The first-order chi connectivity index (χ1) is 8.06. The van der Waals surface area contributed by atoms with Crippen LogP contribution in [0, 0.1) is 20.8 Å². The van der Waals surface area contributed by atoms with Gasteiger partial charge >= 0.3 is 0 Å². The largest absolute Gasteiger partial charge is 0.374 e. The minimum absolute atomic E-state index is 0.0123. The molecule has 0 aliphatic carbocycles. The van der Waals surface area contributed by atoms with Crippen LogP contribution in [0.2, 0.25) is 0 Å². The highest BCUT2D eigenvalue weighted by Crippen LogP contribution is 2.20. The molecule has 0 spiro atoms. The molecule has 1 unspecified atom stereocenters. The van der Waals surface area contributed by atoms with Gasteiger partial charge in [-0.05, 0) is 51.0 Å². The van der Waals surface area contributed by atoms with E-state index in [0.29, 0.717) is 11.7 Å². The molecule has 2 aromatic rings. The van der Waals surface area contributed by atoms with Crippen molar-refractivity contribution in [3.8, 4) is 0 Å².